The standard InChI is InChI=1S/C11H10ClN3O3/c12-8-3-2-7(18-8)10-14-13-9-4-1-6(11(16)17)5-15(9)10/h2-3,6H,1,4-5H2,(H,16,17). The SMILES string of the molecule is O=C(O)C1CCc2nnc(-c3ccc(Cl)o3)n2C1. The van der Waals surface area contributed by atoms with Gasteiger partial charge in [0, 0.05) is 13.0 Å². The molecule has 0 aliphatic carbocycles. The van der Waals surface area contributed by atoms with Gasteiger partial charge in [0.05, 0.1) is 5.92 Å². The third kappa shape index (κ3) is 1.78. The molecule has 0 aromatic carbocycles. The number of hydrogen-bond donors (Lipinski definition) is 1. The van der Waals surface area contributed by atoms with Crippen LogP contribution in [0.3, 0.4) is 0 Å². The molecule has 0 saturated heterocycles. The molecule has 0 bridgehead atoms. The molecular weight excluding hydrogens is 258 g/mol. The van der Waals surface area contributed by atoms with Crippen LogP contribution >= 0.6 is 11.6 Å². The molecule has 0 saturated carbocycles. The second kappa shape index (κ2) is 4.13. The molecule has 1 aliphatic rings. The number of aryl methyl sites for hydroxylation is 1. The summed E-state index contributed by atoms with van der Waals surface area (Å²) >= 11 is 5.72. The molecule has 0 spiro atoms. The van der Waals surface area contributed by atoms with Crippen LogP contribution in [0, 0.1) is 5.92 Å². The number of nitrogens with zero attached hydrogens (tertiary/aromatic N) is 3. The Bertz CT molecular complexity index is 604. The van der Waals surface area contributed by atoms with Gasteiger partial charge in [-0.25, -0.2) is 0 Å². The average molecular weight is 268 g/mol. The molecule has 3 rings (SSSR count). The van der Waals surface area contributed by atoms with Crippen LogP contribution in [0.1, 0.15) is 12.2 Å². The van der Waals surface area contributed by atoms with E-state index in [0.717, 1.165) is 5.82 Å². The zero-order valence-electron chi connectivity index (χ0n) is 9.34. The summed E-state index contributed by atoms with van der Waals surface area (Å²) in [6, 6.07) is 3.32. The van der Waals surface area contributed by atoms with Gasteiger partial charge in [0.2, 0.25) is 0 Å². The molecule has 18 heavy (non-hydrogen) atoms. The lowest BCUT2D eigenvalue weighted by atomic mass is 9.99. The van der Waals surface area contributed by atoms with Gasteiger partial charge in [0.1, 0.15) is 5.82 Å². The quantitative estimate of drug-likeness (QED) is 0.898. The highest BCUT2D eigenvalue weighted by molar-refractivity contribution is 6.28. The molecule has 1 aliphatic heterocycles. The van der Waals surface area contributed by atoms with Crippen LogP contribution in [0.4, 0.5) is 0 Å². The van der Waals surface area contributed by atoms with Crippen molar-refractivity contribution in [2.75, 3.05) is 0 Å². The topological polar surface area (TPSA) is 81.2 Å². The number of furan rings is 1. The van der Waals surface area contributed by atoms with Crippen LogP contribution in [0.5, 0.6) is 0 Å². The predicted molar refractivity (Wildman–Crippen MR) is 62.2 cm³/mol. The minimum Gasteiger partial charge on any atom is -0.481 e. The van der Waals surface area contributed by atoms with Crippen molar-refractivity contribution in [2.24, 2.45) is 5.92 Å². The van der Waals surface area contributed by atoms with Crippen molar-refractivity contribution in [1.82, 2.24) is 14.8 Å². The largest absolute Gasteiger partial charge is 0.481 e. The molecule has 6 nitrogen and oxygen atoms in total. The van der Waals surface area contributed by atoms with E-state index in [9.17, 15) is 4.79 Å². The first-order chi connectivity index (χ1) is 8.65. The lowest BCUT2D eigenvalue weighted by Gasteiger charge is -2.20. The minimum atomic E-state index is -0.794. The maximum absolute atomic E-state index is 11.0. The highest BCUT2D eigenvalue weighted by Crippen LogP contribution is 2.28. The van der Waals surface area contributed by atoms with Gasteiger partial charge >= 0.3 is 5.97 Å². The minimum absolute atomic E-state index is 0.271. The Balaban J connectivity index is 1.99. The zero-order chi connectivity index (χ0) is 12.7. The van der Waals surface area contributed by atoms with Crippen LogP contribution in [0.2, 0.25) is 5.22 Å². The molecule has 1 atom stereocenters. The van der Waals surface area contributed by atoms with Crippen molar-refractivity contribution in [3.05, 3.63) is 23.2 Å². The number of aliphatic carboxylic acids is 1. The van der Waals surface area contributed by atoms with Crippen LogP contribution < -0.4 is 0 Å². The summed E-state index contributed by atoms with van der Waals surface area (Å²) in [5.41, 5.74) is 0. The van der Waals surface area contributed by atoms with Gasteiger partial charge in [-0.1, -0.05) is 0 Å². The first kappa shape index (κ1) is 11.3. The van der Waals surface area contributed by atoms with Gasteiger partial charge in [0.15, 0.2) is 16.8 Å². The first-order valence-corrected chi connectivity index (χ1v) is 5.93. The van der Waals surface area contributed by atoms with Crippen molar-refractivity contribution in [1.29, 1.82) is 0 Å². The van der Waals surface area contributed by atoms with Gasteiger partial charge in [-0.15, -0.1) is 10.2 Å². The Labute approximate surface area is 107 Å². The fraction of sp³-hybridized carbons (Fsp3) is 0.364. The fourth-order valence-electron chi connectivity index (χ4n) is 2.15. The third-order valence-electron chi connectivity index (χ3n) is 3.09. The Kier molecular flexibility index (Phi) is 2.59. The smallest absolute Gasteiger partial charge is 0.308 e. The van der Waals surface area contributed by atoms with E-state index in [2.05, 4.69) is 10.2 Å². The van der Waals surface area contributed by atoms with E-state index in [4.69, 9.17) is 21.1 Å². The number of carboxylic acids is 1. The van der Waals surface area contributed by atoms with Gasteiger partial charge in [-0.2, -0.15) is 0 Å². The lowest BCUT2D eigenvalue weighted by molar-refractivity contribution is -0.142. The maximum atomic E-state index is 11.0. The second-order valence-electron chi connectivity index (χ2n) is 4.23. The van der Waals surface area contributed by atoms with Gasteiger partial charge in [-0.3, -0.25) is 4.79 Å². The number of rotatable bonds is 2. The van der Waals surface area contributed by atoms with Crippen molar-refractivity contribution < 1.29 is 14.3 Å². The average Bonchev–Trinajstić information content (AvgIpc) is 2.93. The molecule has 7 heteroatoms. The number of halogens is 1. The molecule has 0 amide bonds. The summed E-state index contributed by atoms with van der Waals surface area (Å²) in [5, 5.41) is 17.4. The lowest BCUT2D eigenvalue weighted by Crippen LogP contribution is -2.27. The summed E-state index contributed by atoms with van der Waals surface area (Å²) in [7, 11) is 0. The van der Waals surface area contributed by atoms with Crippen molar-refractivity contribution in [3.63, 3.8) is 0 Å². The van der Waals surface area contributed by atoms with E-state index in [-0.39, 0.29) is 5.22 Å². The van der Waals surface area contributed by atoms with E-state index >= 15 is 0 Å². The first-order valence-electron chi connectivity index (χ1n) is 5.56. The molecule has 3 heterocycles. The van der Waals surface area contributed by atoms with E-state index < -0.39 is 11.9 Å². The van der Waals surface area contributed by atoms with Crippen LogP contribution in [0.25, 0.3) is 11.6 Å². The maximum Gasteiger partial charge on any atom is 0.308 e. The third-order valence-corrected chi connectivity index (χ3v) is 3.29. The second-order valence-corrected chi connectivity index (χ2v) is 4.60. The zero-order valence-corrected chi connectivity index (χ0v) is 10.1. The molecule has 0 radical (unpaired) electrons. The number of fused-ring (bicyclic) bond motifs is 1. The number of carboxylic acid groups (broad SMARTS) is 1. The number of hydrogen-bond acceptors (Lipinski definition) is 4. The normalized spacial score (nSPS) is 18.6. The molecule has 1 N–H and O–H groups in total. The Morgan fingerprint density at radius 1 is 1.50 bits per heavy atom. The van der Waals surface area contributed by atoms with Gasteiger partial charge in [0.25, 0.3) is 0 Å². The van der Waals surface area contributed by atoms with Gasteiger partial charge in [-0.05, 0) is 30.2 Å². The summed E-state index contributed by atoms with van der Waals surface area (Å²) in [4.78, 5) is 11.0. The van der Waals surface area contributed by atoms with Crippen molar-refractivity contribution >= 4 is 17.6 Å². The fourth-order valence-corrected chi connectivity index (χ4v) is 2.29. The molecule has 0 fully saturated rings. The van der Waals surface area contributed by atoms with Crippen LogP contribution in [0.15, 0.2) is 16.5 Å². The Morgan fingerprint density at radius 3 is 3.00 bits per heavy atom. The highest BCUT2D eigenvalue weighted by atomic mass is 35.5. The van der Waals surface area contributed by atoms with E-state index in [1.54, 1.807) is 16.7 Å². The predicted octanol–water partition coefficient (Wildman–Crippen LogP) is 1.84. The van der Waals surface area contributed by atoms with Crippen molar-refractivity contribution in [2.45, 2.75) is 19.4 Å². The Morgan fingerprint density at radius 2 is 2.33 bits per heavy atom. The van der Waals surface area contributed by atoms with Crippen LogP contribution in [-0.4, -0.2) is 25.8 Å². The molecule has 1 unspecified atom stereocenters. The molecular formula is C11H10ClN3O3. The molecule has 2 aromatic rings. The van der Waals surface area contributed by atoms with Crippen LogP contribution in [-0.2, 0) is 17.8 Å². The molecule has 2 aromatic heterocycles. The van der Waals surface area contributed by atoms with E-state index in [0.29, 0.717) is 31.0 Å². The van der Waals surface area contributed by atoms with E-state index in [1.807, 2.05) is 0 Å². The number of carbonyl (C=O) groups is 1. The number of aromatic nitrogens is 3. The summed E-state index contributed by atoms with van der Waals surface area (Å²) in [6.45, 7) is 0.366. The summed E-state index contributed by atoms with van der Waals surface area (Å²) in [5.74, 6) is 0.623. The monoisotopic (exact) mass is 267 g/mol. The Hall–Kier alpha value is -1.82. The highest BCUT2D eigenvalue weighted by Gasteiger charge is 2.28. The van der Waals surface area contributed by atoms with E-state index in [1.165, 1.54) is 0 Å². The van der Waals surface area contributed by atoms with Crippen molar-refractivity contribution in [3.8, 4) is 11.6 Å². The molecule has 94 valence electrons. The summed E-state index contributed by atoms with van der Waals surface area (Å²) < 4.78 is 7.07. The summed E-state index contributed by atoms with van der Waals surface area (Å²) in [6.07, 6.45) is 1.20. The van der Waals surface area contributed by atoms with Gasteiger partial charge < -0.3 is 14.1 Å².